The van der Waals surface area contributed by atoms with Gasteiger partial charge in [0.1, 0.15) is 23.9 Å². The average molecular weight is 442 g/mol. The molecule has 1 aliphatic heterocycles. The summed E-state index contributed by atoms with van der Waals surface area (Å²) in [6.45, 7) is -0.336. The lowest BCUT2D eigenvalue weighted by Gasteiger charge is -2.32. The van der Waals surface area contributed by atoms with E-state index in [4.69, 9.17) is 9.47 Å². The first-order chi connectivity index (χ1) is 14.9. The molecule has 7 nitrogen and oxygen atoms in total. The van der Waals surface area contributed by atoms with E-state index < -0.39 is 11.8 Å². The van der Waals surface area contributed by atoms with Crippen LogP contribution in [-0.2, 0) is 20.9 Å². The summed E-state index contributed by atoms with van der Waals surface area (Å²) >= 11 is 0.980. The number of hydrogen-bond acceptors (Lipinski definition) is 6. The van der Waals surface area contributed by atoms with E-state index in [1.54, 1.807) is 13.2 Å². The van der Waals surface area contributed by atoms with Crippen molar-refractivity contribution in [1.82, 2.24) is 4.57 Å². The predicted molar refractivity (Wildman–Crippen MR) is 114 cm³/mol. The summed E-state index contributed by atoms with van der Waals surface area (Å²) in [5, 5.41) is 0. The summed E-state index contributed by atoms with van der Waals surface area (Å²) in [6.07, 6.45) is 0.107. The molecular formula is C22H19FN2O5S. The number of anilines is 2. The molecule has 4 rings (SSSR count). The van der Waals surface area contributed by atoms with Crippen LogP contribution in [0.4, 0.5) is 15.9 Å². The second kappa shape index (κ2) is 8.35. The van der Waals surface area contributed by atoms with Gasteiger partial charge in [-0.25, -0.2) is 4.39 Å². The van der Waals surface area contributed by atoms with Crippen LogP contribution < -0.4 is 14.5 Å². The van der Waals surface area contributed by atoms with Crippen LogP contribution in [0.5, 0.6) is 5.75 Å². The molecule has 2 aromatic carbocycles. The fourth-order valence-corrected chi connectivity index (χ4v) is 4.77. The quantitative estimate of drug-likeness (QED) is 0.566. The van der Waals surface area contributed by atoms with Crippen molar-refractivity contribution in [3.8, 4) is 5.75 Å². The first-order valence-corrected chi connectivity index (χ1v) is 10.3. The lowest BCUT2D eigenvalue weighted by Crippen LogP contribution is -2.36. The van der Waals surface area contributed by atoms with Gasteiger partial charge >= 0.3 is 10.8 Å². The number of benzene rings is 2. The summed E-state index contributed by atoms with van der Waals surface area (Å²) in [5.74, 6) is -0.781. The molecule has 0 unspecified atom stereocenters. The number of carbonyl (C=O) groups excluding carboxylic acids is 2. The number of rotatable bonds is 5. The van der Waals surface area contributed by atoms with Crippen molar-refractivity contribution >= 4 is 34.7 Å². The second-order valence-electron chi connectivity index (χ2n) is 6.96. The third-order valence-corrected chi connectivity index (χ3v) is 6.23. The molecule has 3 aromatic rings. The van der Waals surface area contributed by atoms with E-state index in [0.29, 0.717) is 22.1 Å². The van der Waals surface area contributed by atoms with Crippen molar-refractivity contribution in [2.45, 2.75) is 18.9 Å². The molecular weight excluding hydrogens is 423 g/mol. The molecule has 0 spiro atoms. The van der Waals surface area contributed by atoms with Gasteiger partial charge in [-0.05, 0) is 42.0 Å². The summed E-state index contributed by atoms with van der Waals surface area (Å²) < 4.78 is 24.7. The van der Waals surface area contributed by atoms with E-state index in [9.17, 15) is 18.8 Å². The minimum Gasteiger partial charge on any atom is -0.497 e. The number of esters is 1. The van der Waals surface area contributed by atoms with Gasteiger partial charge in [-0.3, -0.25) is 23.9 Å². The number of methoxy groups -OCH3 is 2. The molecule has 0 fully saturated rings. The largest absolute Gasteiger partial charge is 0.497 e. The molecule has 0 aliphatic carbocycles. The van der Waals surface area contributed by atoms with Gasteiger partial charge in [0.15, 0.2) is 0 Å². The van der Waals surface area contributed by atoms with Crippen LogP contribution in [0, 0.1) is 5.82 Å². The van der Waals surface area contributed by atoms with E-state index >= 15 is 0 Å². The predicted octanol–water partition coefficient (Wildman–Crippen LogP) is 3.43. The highest BCUT2D eigenvalue weighted by molar-refractivity contribution is 7.10. The van der Waals surface area contributed by atoms with Crippen LogP contribution in [0.3, 0.4) is 0 Å². The minimum atomic E-state index is -0.613. The average Bonchev–Trinajstić information content (AvgIpc) is 3.09. The van der Waals surface area contributed by atoms with E-state index in [0.717, 1.165) is 16.9 Å². The van der Waals surface area contributed by atoms with Crippen LogP contribution in [-0.4, -0.2) is 30.7 Å². The Morgan fingerprint density at radius 2 is 1.90 bits per heavy atom. The van der Waals surface area contributed by atoms with Crippen molar-refractivity contribution in [2.75, 3.05) is 19.1 Å². The van der Waals surface area contributed by atoms with Gasteiger partial charge in [0, 0.05) is 12.3 Å². The number of amides is 1. The number of halogens is 1. The molecule has 0 bridgehead atoms. The van der Waals surface area contributed by atoms with Gasteiger partial charge in [-0.1, -0.05) is 23.5 Å². The monoisotopic (exact) mass is 442 g/mol. The van der Waals surface area contributed by atoms with Gasteiger partial charge in [-0.15, -0.1) is 0 Å². The lowest BCUT2D eigenvalue weighted by molar-refractivity contribution is -0.141. The van der Waals surface area contributed by atoms with E-state index in [1.165, 1.54) is 40.8 Å². The van der Waals surface area contributed by atoms with Gasteiger partial charge < -0.3 is 9.47 Å². The van der Waals surface area contributed by atoms with E-state index in [-0.39, 0.29) is 29.7 Å². The van der Waals surface area contributed by atoms with Gasteiger partial charge in [0.25, 0.3) is 0 Å². The number of carbonyl (C=O) groups is 2. The maximum absolute atomic E-state index is 13.5. The van der Waals surface area contributed by atoms with Crippen LogP contribution >= 0.6 is 11.3 Å². The van der Waals surface area contributed by atoms with Crippen LogP contribution in [0.2, 0.25) is 0 Å². The second-order valence-corrected chi connectivity index (χ2v) is 7.95. The van der Waals surface area contributed by atoms with Crippen LogP contribution in [0.1, 0.15) is 22.8 Å². The van der Waals surface area contributed by atoms with Gasteiger partial charge in [0.2, 0.25) is 5.91 Å². The van der Waals surface area contributed by atoms with Gasteiger partial charge in [0.05, 0.1) is 24.8 Å². The molecule has 31 heavy (non-hydrogen) atoms. The topological polar surface area (TPSA) is 77.8 Å². The number of ether oxygens (including phenoxy) is 2. The van der Waals surface area contributed by atoms with Crippen molar-refractivity contribution in [2.24, 2.45) is 0 Å². The molecule has 1 aromatic heterocycles. The summed E-state index contributed by atoms with van der Waals surface area (Å²) in [4.78, 5) is 39.7. The first kappa shape index (κ1) is 20.8. The minimum absolute atomic E-state index is 0.107. The first-order valence-electron chi connectivity index (χ1n) is 9.45. The maximum Gasteiger partial charge on any atom is 0.325 e. The highest BCUT2D eigenvalue weighted by Crippen LogP contribution is 2.45. The normalized spacial score (nSPS) is 15.5. The van der Waals surface area contributed by atoms with Crippen LogP contribution in [0.25, 0.3) is 0 Å². The Hall–Kier alpha value is -3.46. The van der Waals surface area contributed by atoms with Crippen molar-refractivity contribution < 1.29 is 23.5 Å². The summed E-state index contributed by atoms with van der Waals surface area (Å²) in [6, 6.07) is 12.7. The molecule has 0 saturated heterocycles. The number of nitrogens with zero attached hydrogens (tertiary/aromatic N) is 2. The molecule has 2 heterocycles. The Bertz CT molecular complexity index is 1200. The Morgan fingerprint density at radius 3 is 2.58 bits per heavy atom. The van der Waals surface area contributed by atoms with Gasteiger partial charge in [-0.2, -0.15) is 0 Å². The number of thiazole rings is 1. The third-order valence-electron chi connectivity index (χ3n) is 5.15. The standard InChI is InChI=1S/C22H19FN2O5S/c1-29-16-5-3-4-13(10-16)17-11-18(26)25(15-8-6-14(23)7-9-15)21-20(17)31-22(28)24(21)12-19(27)30-2/h3-10,17H,11-12H2,1-2H3/t17-/m0/s1. The zero-order valence-corrected chi connectivity index (χ0v) is 17.6. The molecule has 0 radical (unpaired) electrons. The third kappa shape index (κ3) is 3.84. The Kier molecular flexibility index (Phi) is 5.60. The number of aromatic nitrogens is 1. The molecule has 0 N–H and O–H groups in total. The van der Waals surface area contributed by atoms with Crippen molar-refractivity contribution in [3.63, 3.8) is 0 Å². The van der Waals surface area contributed by atoms with Crippen molar-refractivity contribution in [3.05, 3.63) is 74.5 Å². The molecule has 1 aliphatic rings. The molecule has 1 atom stereocenters. The zero-order valence-electron chi connectivity index (χ0n) is 16.8. The molecule has 9 heteroatoms. The Morgan fingerprint density at radius 1 is 1.16 bits per heavy atom. The lowest BCUT2D eigenvalue weighted by atomic mass is 9.90. The smallest absolute Gasteiger partial charge is 0.325 e. The highest BCUT2D eigenvalue weighted by atomic mass is 32.1. The van der Waals surface area contributed by atoms with E-state index in [1.807, 2.05) is 18.2 Å². The SMILES string of the molecule is COC(=O)Cn1c2c(sc1=O)[C@H](c1cccc(OC)c1)CC(=O)N2c1ccc(F)cc1. The fraction of sp³-hybridized carbons (Fsp3) is 0.227. The summed E-state index contributed by atoms with van der Waals surface area (Å²) in [5.41, 5.74) is 1.23. The number of hydrogen-bond donors (Lipinski definition) is 0. The fourth-order valence-electron chi connectivity index (χ4n) is 3.67. The van der Waals surface area contributed by atoms with E-state index in [2.05, 4.69) is 0 Å². The van der Waals surface area contributed by atoms with Crippen LogP contribution in [0.15, 0.2) is 53.3 Å². The number of fused-ring (bicyclic) bond motifs is 1. The Labute approximate surface area is 181 Å². The Balaban J connectivity index is 1.91. The summed E-state index contributed by atoms with van der Waals surface area (Å²) in [7, 11) is 2.78. The molecule has 0 saturated carbocycles. The van der Waals surface area contributed by atoms with Crippen molar-refractivity contribution in [1.29, 1.82) is 0 Å². The zero-order chi connectivity index (χ0) is 22.1. The molecule has 1 amide bonds. The highest BCUT2D eigenvalue weighted by Gasteiger charge is 2.38. The maximum atomic E-state index is 13.5. The molecule has 160 valence electrons.